The van der Waals surface area contributed by atoms with Crippen LogP contribution in [0.2, 0.25) is 0 Å². The van der Waals surface area contributed by atoms with E-state index >= 15 is 0 Å². The average Bonchev–Trinajstić information content (AvgIpc) is 2.70. The second kappa shape index (κ2) is 6.63. The first kappa shape index (κ1) is 15.2. The van der Waals surface area contributed by atoms with Crippen LogP contribution >= 0.6 is 0 Å². The zero-order chi connectivity index (χ0) is 17.1. The maximum atomic E-state index is 9.45. The van der Waals surface area contributed by atoms with Gasteiger partial charge in [0.1, 0.15) is 0 Å². The van der Waals surface area contributed by atoms with Crippen LogP contribution in [-0.2, 0) is 0 Å². The van der Waals surface area contributed by atoms with E-state index in [1.807, 2.05) is 36.4 Å². The molecule has 25 heavy (non-hydrogen) atoms. The molecule has 4 rings (SSSR count). The molecule has 0 heterocycles. The lowest BCUT2D eigenvalue weighted by molar-refractivity contribution is 0.989. The molecule has 0 bridgehead atoms. The standard InChI is InChI=1S/C24H17N/c25-17-20-15-16-23(22-14-8-7-13-21(20)22)24(18-9-3-1-4-10-18)19-11-5-2-6-12-19/h1-16,24H. The highest BCUT2D eigenvalue weighted by atomic mass is 14.3. The molecule has 0 amide bonds. The zero-order valence-electron chi connectivity index (χ0n) is 13.8. The Labute approximate surface area is 147 Å². The van der Waals surface area contributed by atoms with Crippen molar-refractivity contribution in [1.29, 1.82) is 5.26 Å². The van der Waals surface area contributed by atoms with Crippen molar-refractivity contribution < 1.29 is 0 Å². The first-order chi connectivity index (χ1) is 12.4. The molecule has 0 saturated heterocycles. The molecular formula is C24H17N. The third kappa shape index (κ3) is 2.79. The van der Waals surface area contributed by atoms with Gasteiger partial charge in [-0.3, -0.25) is 0 Å². The fourth-order valence-electron chi connectivity index (χ4n) is 3.51. The maximum Gasteiger partial charge on any atom is 0.0998 e. The Hall–Kier alpha value is -3.37. The Morgan fingerprint density at radius 3 is 1.64 bits per heavy atom. The van der Waals surface area contributed by atoms with E-state index in [0.29, 0.717) is 0 Å². The molecule has 0 aliphatic rings. The van der Waals surface area contributed by atoms with E-state index in [-0.39, 0.29) is 5.92 Å². The van der Waals surface area contributed by atoms with Crippen LogP contribution < -0.4 is 0 Å². The van der Waals surface area contributed by atoms with Crippen LogP contribution in [0, 0.1) is 11.3 Å². The van der Waals surface area contributed by atoms with Crippen molar-refractivity contribution in [2.45, 2.75) is 5.92 Å². The summed E-state index contributed by atoms with van der Waals surface area (Å²) in [4.78, 5) is 0. The molecule has 1 heteroatoms. The Kier molecular flexibility index (Phi) is 4.02. The van der Waals surface area contributed by atoms with Gasteiger partial charge in [-0.15, -0.1) is 0 Å². The second-order valence-corrected chi connectivity index (χ2v) is 6.11. The smallest absolute Gasteiger partial charge is 0.0998 e. The van der Waals surface area contributed by atoms with Crippen molar-refractivity contribution in [3.63, 3.8) is 0 Å². The lowest BCUT2D eigenvalue weighted by Crippen LogP contribution is -2.04. The van der Waals surface area contributed by atoms with Gasteiger partial charge in [-0.1, -0.05) is 91.0 Å². The molecule has 0 saturated carbocycles. The van der Waals surface area contributed by atoms with Crippen molar-refractivity contribution in [2.75, 3.05) is 0 Å². The van der Waals surface area contributed by atoms with E-state index in [1.165, 1.54) is 16.7 Å². The Morgan fingerprint density at radius 2 is 1.08 bits per heavy atom. The van der Waals surface area contributed by atoms with Crippen molar-refractivity contribution in [2.24, 2.45) is 0 Å². The van der Waals surface area contributed by atoms with Crippen LogP contribution in [0.5, 0.6) is 0 Å². The average molecular weight is 319 g/mol. The van der Waals surface area contributed by atoms with Crippen LogP contribution in [0.4, 0.5) is 0 Å². The summed E-state index contributed by atoms with van der Waals surface area (Å²) >= 11 is 0. The first-order valence-corrected chi connectivity index (χ1v) is 8.40. The minimum Gasteiger partial charge on any atom is -0.192 e. The third-order valence-electron chi connectivity index (χ3n) is 4.66. The van der Waals surface area contributed by atoms with Gasteiger partial charge in [-0.2, -0.15) is 5.26 Å². The van der Waals surface area contributed by atoms with Gasteiger partial charge in [0.25, 0.3) is 0 Å². The van der Waals surface area contributed by atoms with E-state index in [9.17, 15) is 5.26 Å². The largest absolute Gasteiger partial charge is 0.192 e. The quantitative estimate of drug-likeness (QED) is 0.432. The number of hydrogen-bond acceptors (Lipinski definition) is 1. The summed E-state index contributed by atoms with van der Waals surface area (Å²) in [7, 11) is 0. The summed E-state index contributed by atoms with van der Waals surface area (Å²) in [5.41, 5.74) is 4.46. The predicted molar refractivity (Wildman–Crippen MR) is 102 cm³/mol. The van der Waals surface area contributed by atoms with Gasteiger partial charge in [0.05, 0.1) is 11.6 Å². The van der Waals surface area contributed by atoms with E-state index in [2.05, 4.69) is 66.7 Å². The van der Waals surface area contributed by atoms with Gasteiger partial charge in [0.15, 0.2) is 0 Å². The van der Waals surface area contributed by atoms with Gasteiger partial charge in [-0.05, 0) is 33.5 Å². The van der Waals surface area contributed by atoms with Crippen molar-refractivity contribution in [1.82, 2.24) is 0 Å². The molecule has 0 radical (unpaired) electrons. The molecule has 1 nitrogen and oxygen atoms in total. The van der Waals surface area contributed by atoms with Gasteiger partial charge >= 0.3 is 0 Å². The molecule has 0 unspecified atom stereocenters. The molecule has 0 N–H and O–H groups in total. The van der Waals surface area contributed by atoms with E-state index < -0.39 is 0 Å². The Balaban J connectivity index is 2.02. The summed E-state index contributed by atoms with van der Waals surface area (Å²) in [6.45, 7) is 0. The molecule has 4 aromatic carbocycles. The number of rotatable bonds is 3. The fraction of sp³-hybridized carbons (Fsp3) is 0.0417. The molecule has 0 aliphatic carbocycles. The van der Waals surface area contributed by atoms with Gasteiger partial charge < -0.3 is 0 Å². The SMILES string of the molecule is N#Cc1ccc(C(c2ccccc2)c2ccccc2)c2ccccc12. The van der Waals surface area contributed by atoms with Gasteiger partial charge in [-0.25, -0.2) is 0 Å². The van der Waals surface area contributed by atoms with E-state index in [1.54, 1.807) is 0 Å². The molecule has 0 spiro atoms. The number of fused-ring (bicyclic) bond motifs is 1. The van der Waals surface area contributed by atoms with Crippen molar-refractivity contribution >= 4 is 10.8 Å². The second-order valence-electron chi connectivity index (χ2n) is 6.11. The fourth-order valence-corrected chi connectivity index (χ4v) is 3.51. The molecule has 118 valence electrons. The van der Waals surface area contributed by atoms with Crippen LogP contribution in [0.1, 0.15) is 28.2 Å². The molecule has 0 atom stereocenters. The van der Waals surface area contributed by atoms with E-state index in [0.717, 1.165) is 16.3 Å². The van der Waals surface area contributed by atoms with Crippen LogP contribution in [0.25, 0.3) is 10.8 Å². The molecule has 0 aliphatic heterocycles. The number of hydrogen-bond donors (Lipinski definition) is 0. The maximum absolute atomic E-state index is 9.45. The highest BCUT2D eigenvalue weighted by molar-refractivity contribution is 5.91. The first-order valence-electron chi connectivity index (χ1n) is 8.40. The third-order valence-corrected chi connectivity index (χ3v) is 4.66. The van der Waals surface area contributed by atoms with Crippen LogP contribution in [0.3, 0.4) is 0 Å². The normalized spacial score (nSPS) is 10.7. The lowest BCUT2D eigenvalue weighted by Gasteiger charge is -2.21. The highest BCUT2D eigenvalue weighted by Gasteiger charge is 2.19. The van der Waals surface area contributed by atoms with E-state index in [4.69, 9.17) is 0 Å². The highest BCUT2D eigenvalue weighted by Crippen LogP contribution is 2.36. The number of nitrogens with zero attached hydrogens (tertiary/aromatic N) is 1. The minimum atomic E-state index is 0.139. The van der Waals surface area contributed by atoms with Gasteiger partial charge in [0, 0.05) is 5.92 Å². The summed E-state index contributed by atoms with van der Waals surface area (Å²) in [5.74, 6) is 0.139. The summed E-state index contributed by atoms with van der Waals surface area (Å²) < 4.78 is 0. The van der Waals surface area contributed by atoms with Crippen molar-refractivity contribution in [3.05, 3.63) is 119 Å². The topological polar surface area (TPSA) is 23.8 Å². The van der Waals surface area contributed by atoms with Gasteiger partial charge in [0.2, 0.25) is 0 Å². The lowest BCUT2D eigenvalue weighted by atomic mass is 9.82. The minimum absolute atomic E-state index is 0.139. The molecule has 4 aromatic rings. The molecule has 0 aromatic heterocycles. The van der Waals surface area contributed by atoms with Crippen LogP contribution in [-0.4, -0.2) is 0 Å². The Morgan fingerprint density at radius 1 is 0.560 bits per heavy atom. The summed E-state index contributed by atoms with van der Waals surface area (Å²) in [6, 6.07) is 35.6. The predicted octanol–water partition coefficient (Wildman–Crippen LogP) is 5.89. The number of nitriles is 1. The zero-order valence-corrected chi connectivity index (χ0v) is 13.8. The van der Waals surface area contributed by atoms with Crippen molar-refractivity contribution in [3.8, 4) is 6.07 Å². The number of benzene rings is 4. The Bertz CT molecular complexity index is 1000. The molecular weight excluding hydrogens is 302 g/mol. The summed E-state index contributed by atoms with van der Waals surface area (Å²) in [6.07, 6.45) is 0. The summed E-state index contributed by atoms with van der Waals surface area (Å²) in [5, 5.41) is 11.6. The van der Waals surface area contributed by atoms with Crippen LogP contribution in [0.15, 0.2) is 97.1 Å². The monoisotopic (exact) mass is 319 g/mol. The molecule has 0 fully saturated rings.